The summed E-state index contributed by atoms with van der Waals surface area (Å²) in [5.74, 6) is -0.126. The van der Waals surface area contributed by atoms with Gasteiger partial charge < -0.3 is 25.0 Å². The molecule has 0 unspecified atom stereocenters. The van der Waals surface area contributed by atoms with Crippen LogP contribution in [0.4, 0.5) is 9.59 Å². The number of rotatable bonds is 6. The molecule has 0 spiro atoms. The molecular formula is C14H25N3O5. The number of nitrogens with zero attached hydrogens (tertiary/aromatic N) is 1. The van der Waals surface area contributed by atoms with Crippen molar-refractivity contribution in [1.82, 2.24) is 15.5 Å². The summed E-state index contributed by atoms with van der Waals surface area (Å²) in [7, 11) is 1.64. The predicted molar refractivity (Wildman–Crippen MR) is 79.4 cm³/mol. The molecular weight excluding hydrogens is 290 g/mol. The molecule has 0 aromatic heterocycles. The smallest absolute Gasteiger partial charge is 0.410 e. The highest BCUT2D eigenvalue weighted by molar-refractivity contribution is 5.76. The van der Waals surface area contributed by atoms with Crippen LogP contribution in [0.1, 0.15) is 33.6 Å². The Hall–Kier alpha value is -1.99. The van der Waals surface area contributed by atoms with Gasteiger partial charge in [-0.2, -0.15) is 0 Å². The molecule has 1 heterocycles. The van der Waals surface area contributed by atoms with Crippen molar-refractivity contribution >= 4 is 18.1 Å². The quantitative estimate of drug-likeness (QED) is 0.757. The minimum Gasteiger partial charge on any atom is -0.447 e. The zero-order chi connectivity index (χ0) is 16.8. The van der Waals surface area contributed by atoms with E-state index in [0.29, 0.717) is 25.9 Å². The number of amides is 3. The predicted octanol–water partition coefficient (Wildman–Crippen LogP) is 0.858. The van der Waals surface area contributed by atoms with Crippen molar-refractivity contribution < 1.29 is 23.9 Å². The van der Waals surface area contributed by atoms with Gasteiger partial charge in [0.1, 0.15) is 12.2 Å². The van der Waals surface area contributed by atoms with E-state index >= 15 is 0 Å². The molecule has 1 fully saturated rings. The van der Waals surface area contributed by atoms with Gasteiger partial charge in [-0.1, -0.05) is 0 Å². The lowest BCUT2D eigenvalue weighted by molar-refractivity contribution is -0.121. The fourth-order valence-electron chi connectivity index (χ4n) is 1.77. The Morgan fingerprint density at radius 1 is 1.45 bits per heavy atom. The van der Waals surface area contributed by atoms with Crippen LogP contribution in [0.3, 0.4) is 0 Å². The van der Waals surface area contributed by atoms with Gasteiger partial charge in [0.2, 0.25) is 5.91 Å². The third-order valence-corrected chi connectivity index (χ3v) is 2.89. The molecule has 8 heteroatoms. The Kier molecular flexibility index (Phi) is 6.45. The summed E-state index contributed by atoms with van der Waals surface area (Å²) < 4.78 is 9.93. The maximum absolute atomic E-state index is 11.7. The van der Waals surface area contributed by atoms with Gasteiger partial charge in [0.15, 0.2) is 0 Å². The van der Waals surface area contributed by atoms with E-state index in [4.69, 9.17) is 9.47 Å². The Morgan fingerprint density at radius 2 is 2.14 bits per heavy atom. The van der Waals surface area contributed by atoms with Crippen LogP contribution in [0.5, 0.6) is 0 Å². The van der Waals surface area contributed by atoms with E-state index in [0.717, 1.165) is 0 Å². The summed E-state index contributed by atoms with van der Waals surface area (Å²) in [5.41, 5.74) is -0.531. The average Bonchev–Trinajstić information content (AvgIpc) is 2.80. The van der Waals surface area contributed by atoms with Crippen molar-refractivity contribution in [3.05, 3.63) is 0 Å². The molecule has 0 saturated carbocycles. The molecule has 0 aliphatic carbocycles. The number of nitrogens with one attached hydrogen (secondary N) is 2. The van der Waals surface area contributed by atoms with Crippen molar-refractivity contribution in [2.24, 2.45) is 0 Å². The highest BCUT2D eigenvalue weighted by Crippen LogP contribution is 2.09. The van der Waals surface area contributed by atoms with Crippen LogP contribution >= 0.6 is 0 Å². The first-order valence-electron chi connectivity index (χ1n) is 7.31. The summed E-state index contributed by atoms with van der Waals surface area (Å²) in [4.78, 5) is 35.6. The topological polar surface area (TPSA) is 97.0 Å². The van der Waals surface area contributed by atoms with Crippen molar-refractivity contribution in [2.75, 3.05) is 26.7 Å². The van der Waals surface area contributed by atoms with Gasteiger partial charge in [-0.05, 0) is 27.2 Å². The largest absolute Gasteiger partial charge is 0.447 e. The molecule has 0 radical (unpaired) electrons. The number of ether oxygens (including phenoxy) is 2. The summed E-state index contributed by atoms with van der Waals surface area (Å²) in [6.07, 6.45) is -0.0269. The van der Waals surface area contributed by atoms with Gasteiger partial charge in [0.25, 0.3) is 0 Å². The molecule has 0 aromatic rings. The third kappa shape index (κ3) is 7.14. The molecule has 22 heavy (non-hydrogen) atoms. The maximum Gasteiger partial charge on any atom is 0.410 e. The van der Waals surface area contributed by atoms with Crippen LogP contribution in [0, 0.1) is 0 Å². The second-order valence-corrected chi connectivity index (χ2v) is 6.25. The van der Waals surface area contributed by atoms with Crippen LogP contribution in [0.25, 0.3) is 0 Å². The van der Waals surface area contributed by atoms with Gasteiger partial charge in [0, 0.05) is 26.6 Å². The van der Waals surface area contributed by atoms with E-state index in [1.165, 1.54) is 4.90 Å². The highest BCUT2D eigenvalue weighted by Gasteiger charge is 2.22. The molecule has 2 N–H and O–H groups in total. The van der Waals surface area contributed by atoms with Crippen molar-refractivity contribution in [1.29, 1.82) is 0 Å². The van der Waals surface area contributed by atoms with Gasteiger partial charge in [-0.25, -0.2) is 9.59 Å². The normalized spacial score (nSPS) is 17.5. The van der Waals surface area contributed by atoms with Crippen molar-refractivity contribution in [3.63, 3.8) is 0 Å². The van der Waals surface area contributed by atoms with Gasteiger partial charge >= 0.3 is 12.2 Å². The molecule has 1 aliphatic rings. The van der Waals surface area contributed by atoms with Crippen molar-refractivity contribution in [3.8, 4) is 0 Å². The lowest BCUT2D eigenvalue weighted by Gasteiger charge is -2.24. The number of cyclic esters (lactones) is 1. The maximum atomic E-state index is 11.7. The summed E-state index contributed by atoms with van der Waals surface area (Å²) in [6.45, 7) is 6.45. The molecule has 1 rings (SSSR count). The number of hydrogen-bond donors (Lipinski definition) is 2. The molecule has 126 valence electrons. The number of hydrogen-bond acceptors (Lipinski definition) is 5. The zero-order valence-corrected chi connectivity index (χ0v) is 13.6. The van der Waals surface area contributed by atoms with E-state index in [-0.39, 0.29) is 18.6 Å². The Morgan fingerprint density at radius 3 is 2.68 bits per heavy atom. The molecule has 1 aliphatic heterocycles. The fourth-order valence-corrected chi connectivity index (χ4v) is 1.77. The Bertz CT molecular complexity index is 419. The van der Waals surface area contributed by atoms with Gasteiger partial charge in [-0.15, -0.1) is 0 Å². The zero-order valence-electron chi connectivity index (χ0n) is 13.6. The monoisotopic (exact) mass is 315 g/mol. The first-order chi connectivity index (χ1) is 10.2. The summed E-state index contributed by atoms with van der Waals surface area (Å²) in [5, 5.41) is 5.29. The minimum absolute atomic E-state index is 0.126. The molecule has 3 amide bonds. The highest BCUT2D eigenvalue weighted by atomic mass is 16.6. The lowest BCUT2D eigenvalue weighted by atomic mass is 10.2. The fraction of sp³-hybridized carbons (Fsp3) is 0.786. The van der Waals surface area contributed by atoms with Gasteiger partial charge in [0.05, 0.1) is 6.04 Å². The van der Waals surface area contributed by atoms with E-state index in [9.17, 15) is 14.4 Å². The Labute approximate surface area is 130 Å². The molecule has 8 nitrogen and oxygen atoms in total. The molecule has 1 saturated heterocycles. The Balaban J connectivity index is 2.13. The second-order valence-electron chi connectivity index (χ2n) is 6.25. The lowest BCUT2D eigenvalue weighted by Crippen LogP contribution is -2.39. The third-order valence-electron chi connectivity index (χ3n) is 2.89. The van der Waals surface area contributed by atoms with Gasteiger partial charge in [-0.3, -0.25) is 4.79 Å². The standard InChI is InChI=1S/C14H25N3O5/c1-14(2,3)22-13(20)17(4)7-5-6-11(18)15-8-10-9-21-12(19)16-10/h10H,5-9H2,1-4H3,(H,15,18)(H,16,19)/t10-/m1/s1. The summed E-state index contributed by atoms with van der Waals surface area (Å²) in [6, 6.07) is -0.180. The number of carbonyl (C=O) groups excluding carboxylic acids is 3. The summed E-state index contributed by atoms with van der Waals surface area (Å²) >= 11 is 0. The minimum atomic E-state index is -0.531. The molecule has 0 aromatic carbocycles. The van der Waals surface area contributed by atoms with Crippen LogP contribution < -0.4 is 10.6 Å². The van der Waals surface area contributed by atoms with Crippen LogP contribution in [0.2, 0.25) is 0 Å². The molecule has 1 atom stereocenters. The first-order valence-corrected chi connectivity index (χ1v) is 7.31. The van der Waals surface area contributed by atoms with Crippen LogP contribution in [-0.2, 0) is 14.3 Å². The number of alkyl carbamates (subject to hydrolysis) is 1. The number of carbonyl (C=O) groups is 3. The second kappa shape index (κ2) is 7.86. The van der Waals surface area contributed by atoms with Crippen molar-refractivity contribution in [2.45, 2.75) is 45.3 Å². The SMILES string of the molecule is CN(CCCC(=O)NC[C@@H]1COC(=O)N1)C(=O)OC(C)(C)C. The van der Waals surface area contributed by atoms with E-state index in [2.05, 4.69) is 10.6 Å². The van der Waals surface area contributed by atoms with E-state index < -0.39 is 17.8 Å². The average molecular weight is 315 g/mol. The van der Waals surface area contributed by atoms with Crippen LogP contribution in [-0.4, -0.2) is 61.4 Å². The van der Waals surface area contributed by atoms with Crippen LogP contribution in [0.15, 0.2) is 0 Å². The van der Waals surface area contributed by atoms with E-state index in [1.54, 1.807) is 27.8 Å². The first kappa shape index (κ1) is 18.1. The molecule has 0 bridgehead atoms. The van der Waals surface area contributed by atoms with E-state index in [1.807, 2.05) is 0 Å².